The van der Waals surface area contributed by atoms with Crippen LogP contribution in [-0.4, -0.2) is 49.1 Å². The van der Waals surface area contributed by atoms with E-state index in [1.807, 2.05) is 18.2 Å². The minimum Gasteiger partial charge on any atom is -0.361 e. The number of hydrogen-bond donors (Lipinski definition) is 2. The lowest BCUT2D eigenvalue weighted by Gasteiger charge is -2.17. The second-order valence-corrected chi connectivity index (χ2v) is 7.50. The Morgan fingerprint density at radius 3 is 3.00 bits per heavy atom. The van der Waals surface area contributed by atoms with Gasteiger partial charge >= 0.3 is 0 Å². The number of carbonyl (C=O) groups is 1. The molecule has 1 amide bonds. The molecule has 1 aromatic heterocycles. The highest BCUT2D eigenvalue weighted by Gasteiger charge is 2.35. The average Bonchev–Trinajstić information content (AvgIpc) is 3.15. The zero-order valence-corrected chi connectivity index (χ0v) is 13.2. The zero-order valence-electron chi connectivity index (χ0n) is 12.4. The first-order chi connectivity index (χ1) is 10.5. The van der Waals surface area contributed by atoms with Gasteiger partial charge in [-0.05, 0) is 18.6 Å². The van der Waals surface area contributed by atoms with Gasteiger partial charge in [0.1, 0.15) is 0 Å². The first-order valence-electron chi connectivity index (χ1n) is 7.37. The van der Waals surface area contributed by atoms with Crippen molar-refractivity contribution in [1.82, 2.24) is 14.6 Å². The van der Waals surface area contributed by atoms with Crippen LogP contribution in [0.15, 0.2) is 30.5 Å². The highest BCUT2D eigenvalue weighted by molar-refractivity contribution is 7.90. The molecular weight excluding hydrogens is 302 g/mol. The van der Waals surface area contributed by atoms with E-state index in [0.717, 1.165) is 10.9 Å². The number of rotatable bonds is 4. The number of hydrogen-bond acceptors (Lipinski definition) is 3. The second-order valence-electron chi connectivity index (χ2n) is 5.45. The third-order valence-electron chi connectivity index (χ3n) is 4.03. The van der Waals surface area contributed by atoms with Gasteiger partial charge in [-0.15, -0.1) is 0 Å². The summed E-state index contributed by atoms with van der Waals surface area (Å²) in [4.78, 5) is 17.4. The van der Waals surface area contributed by atoms with E-state index in [2.05, 4.69) is 9.71 Å². The smallest absolute Gasteiger partial charge is 0.256 e. The first kappa shape index (κ1) is 15.1. The molecule has 118 valence electrons. The normalized spacial score (nSPS) is 19.0. The van der Waals surface area contributed by atoms with Crippen LogP contribution >= 0.6 is 0 Å². The van der Waals surface area contributed by atoms with Gasteiger partial charge in [-0.3, -0.25) is 4.79 Å². The van der Waals surface area contributed by atoms with Crippen LogP contribution in [0.2, 0.25) is 0 Å². The van der Waals surface area contributed by atoms with Gasteiger partial charge in [0.05, 0.1) is 16.3 Å². The molecule has 1 aliphatic rings. The summed E-state index contributed by atoms with van der Waals surface area (Å²) in [5, 5.41) is 0.445. The van der Waals surface area contributed by atoms with Gasteiger partial charge in [-0.1, -0.05) is 19.1 Å². The summed E-state index contributed by atoms with van der Waals surface area (Å²) < 4.78 is 26.6. The molecule has 1 fully saturated rings. The molecule has 7 heteroatoms. The topological polar surface area (TPSA) is 82.3 Å². The van der Waals surface area contributed by atoms with Crippen LogP contribution in [0, 0.1) is 0 Å². The lowest BCUT2D eigenvalue weighted by molar-refractivity contribution is 0.0795. The summed E-state index contributed by atoms with van der Waals surface area (Å²) in [6.45, 7) is 2.83. The molecule has 0 saturated carbocycles. The van der Waals surface area contributed by atoms with Crippen LogP contribution in [0.25, 0.3) is 10.9 Å². The van der Waals surface area contributed by atoms with E-state index in [-0.39, 0.29) is 12.5 Å². The van der Waals surface area contributed by atoms with Crippen molar-refractivity contribution in [1.29, 1.82) is 0 Å². The Kier molecular flexibility index (Phi) is 3.92. The first-order valence-corrected chi connectivity index (χ1v) is 8.91. The number of likely N-dealkylation sites (tertiary alicyclic amines) is 1. The van der Waals surface area contributed by atoms with Crippen LogP contribution < -0.4 is 4.72 Å². The molecule has 6 nitrogen and oxygen atoms in total. The number of aromatic amines is 1. The maximum Gasteiger partial charge on any atom is 0.256 e. The van der Waals surface area contributed by atoms with Crippen LogP contribution in [0.4, 0.5) is 0 Å². The standard InChI is InChI=1S/C15H19N3O3S/c1-2-17-22(20,21)12-7-9-18(10-12)15(19)13-5-3-4-11-6-8-16-14(11)13/h3-6,8,12,16-17H,2,7,9-10H2,1H3/t12-/m1/s1. The van der Waals surface area contributed by atoms with Crippen molar-refractivity contribution in [3.8, 4) is 0 Å². The summed E-state index contributed by atoms with van der Waals surface area (Å²) in [6.07, 6.45) is 2.27. The number of fused-ring (bicyclic) bond motifs is 1. The van der Waals surface area contributed by atoms with Crippen LogP contribution in [-0.2, 0) is 10.0 Å². The fourth-order valence-corrected chi connectivity index (χ4v) is 4.35. The van der Waals surface area contributed by atoms with E-state index in [0.29, 0.717) is 25.1 Å². The van der Waals surface area contributed by atoms with Crippen molar-refractivity contribution < 1.29 is 13.2 Å². The van der Waals surface area contributed by atoms with Gasteiger partial charge in [0, 0.05) is 31.2 Å². The van der Waals surface area contributed by atoms with E-state index in [4.69, 9.17) is 0 Å². The number of nitrogens with zero attached hydrogens (tertiary/aromatic N) is 1. The minimum absolute atomic E-state index is 0.123. The number of H-pyrrole nitrogens is 1. The predicted octanol–water partition coefficient (Wildman–Crippen LogP) is 1.32. The van der Waals surface area contributed by atoms with E-state index in [1.54, 1.807) is 24.1 Å². The van der Waals surface area contributed by atoms with E-state index in [1.165, 1.54) is 0 Å². The molecule has 0 radical (unpaired) electrons. The number of sulfonamides is 1. The molecular formula is C15H19N3O3S. The Bertz CT molecular complexity index is 797. The predicted molar refractivity (Wildman–Crippen MR) is 85.2 cm³/mol. The van der Waals surface area contributed by atoms with Gasteiger partial charge in [-0.25, -0.2) is 13.1 Å². The van der Waals surface area contributed by atoms with Crippen molar-refractivity contribution in [2.24, 2.45) is 0 Å². The Morgan fingerprint density at radius 1 is 1.41 bits per heavy atom. The summed E-state index contributed by atoms with van der Waals surface area (Å²) in [7, 11) is -3.34. The Hall–Kier alpha value is -1.86. The fraction of sp³-hybridized carbons (Fsp3) is 0.400. The zero-order chi connectivity index (χ0) is 15.7. The third kappa shape index (κ3) is 2.62. The van der Waals surface area contributed by atoms with E-state index >= 15 is 0 Å². The highest BCUT2D eigenvalue weighted by atomic mass is 32.2. The molecule has 1 saturated heterocycles. The van der Waals surface area contributed by atoms with Crippen molar-refractivity contribution in [3.05, 3.63) is 36.0 Å². The molecule has 0 unspecified atom stereocenters. The van der Waals surface area contributed by atoms with E-state index < -0.39 is 15.3 Å². The molecule has 2 aromatic rings. The lowest BCUT2D eigenvalue weighted by Crippen LogP contribution is -2.37. The number of para-hydroxylation sites is 1. The average molecular weight is 321 g/mol. The second kappa shape index (κ2) is 5.73. The number of benzene rings is 1. The molecule has 22 heavy (non-hydrogen) atoms. The van der Waals surface area contributed by atoms with Gasteiger partial charge < -0.3 is 9.88 Å². The molecule has 1 aromatic carbocycles. The van der Waals surface area contributed by atoms with Crippen LogP contribution in [0.3, 0.4) is 0 Å². The molecule has 1 aliphatic heterocycles. The number of aromatic nitrogens is 1. The van der Waals surface area contributed by atoms with Gasteiger partial charge in [0.15, 0.2) is 0 Å². The third-order valence-corrected chi connectivity index (χ3v) is 5.99. The maximum atomic E-state index is 12.7. The van der Waals surface area contributed by atoms with Gasteiger partial charge in [-0.2, -0.15) is 0 Å². The monoisotopic (exact) mass is 321 g/mol. The molecule has 0 aliphatic carbocycles. The minimum atomic E-state index is -3.34. The number of carbonyl (C=O) groups excluding carboxylic acids is 1. The quantitative estimate of drug-likeness (QED) is 0.891. The van der Waals surface area contributed by atoms with Crippen molar-refractivity contribution in [3.63, 3.8) is 0 Å². The summed E-state index contributed by atoms with van der Waals surface area (Å²) in [6, 6.07) is 7.46. The molecule has 1 atom stereocenters. The molecule has 2 N–H and O–H groups in total. The number of amides is 1. The van der Waals surface area contributed by atoms with Gasteiger partial charge in [0.25, 0.3) is 5.91 Å². The SMILES string of the molecule is CCNS(=O)(=O)[C@@H]1CCN(C(=O)c2cccc3cc[nH]c23)C1. The Balaban J connectivity index is 1.81. The molecule has 2 heterocycles. The summed E-state index contributed by atoms with van der Waals surface area (Å²) in [5.41, 5.74) is 1.38. The van der Waals surface area contributed by atoms with Crippen molar-refractivity contribution in [2.45, 2.75) is 18.6 Å². The molecule has 0 bridgehead atoms. The Labute approximate surface area is 129 Å². The lowest BCUT2D eigenvalue weighted by atomic mass is 10.1. The Morgan fingerprint density at radius 2 is 2.23 bits per heavy atom. The van der Waals surface area contributed by atoms with E-state index in [9.17, 15) is 13.2 Å². The largest absolute Gasteiger partial charge is 0.361 e. The highest BCUT2D eigenvalue weighted by Crippen LogP contribution is 2.22. The summed E-state index contributed by atoms with van der Waals surface area (Å²) >= 11 is 0. The van der Waals surface area contributed by atoms with Gasteiger partial charge in [0.2, 0.25) is 10.0 Å². The summed E-state index contributed by atoms with van der Waals surface area (Å²) in [5.74, 6) is -0.123. The fourth-order valence-electron chi connectivity index (χ4n) is 2.92. The maximum absolute atomic E-state index is 12.7. The number of nitrogens with one attached hydrogen (secondary N) is 2. The van der Waals surface area contributed by atoms with Crippen molar-refractivity contribution in [2.75, 3.05) is 19.6 Å². The molecule has 0 spiro atoms. The van der Waals surface area contributed by atoms with Crippen LogP contribution in [0.5, 0.6) is 0 Å². The van der Waals surface area contributed by atoms with Crippen LogP contribution in [0.1, 0.15) is 23.7 Å². The molecule has 3 rings (SSSR count). The van der Waals surface area contributed by atoms with Crippen molar-refractivity contribution >= 4 is 26.8 Å².